The largest absolute Gasteiger partial charge is 0.496 e. The molecule has 3 N–H and O–H groups in total. The molecule has 0 aliphatic carbocycles. The summed E-state index contributed by atoms with van der Waals surface area (Å²) in [5, 5.41) is 11.8. The SMILES string of the molecule is COc1cc(Br)c(Oc2cnccc2/C(N)=N/O)cc1Br. The molecule has 0 amide bonds. The zero-order valence-corrected chi connectivity index (χ0v) is 14.1. The van der Waals surface area contributed by atoms with Crippen LogP contribution >= 0.6 is 31.9 Å². The highest BCUT2D eigenvalue weighted by Crippen LogP contribution is 2.38. The molecule has 0 saturated carbocycles. The van der Waals surface area contributed by atoms with Crippen LogP contribution in [0.2, 0.25) is 0 Å². The van der Waals surface area contributed by atoms with E-state index in [-0.39, 0.29) is 5.84 Å². The summed E-state index contributed by atoms with van der Waals surface area (Å²) in [6.07, 6.45) is 3.01. The van der Waals surface area contributed by atoms with Crippen molar-refractivity contribution in [2.45, 2.75) is 0 Å². The number of hydrogen-bond donors (Lipinski definition) is 2. The summed E-state index contributed by atoms with van der Waals surface area (Å²) < 4.78 is 12.4. The molecule has 0 radical (unpaired) electrons. The molecular formula is C13H11Br2N3O3. The third-order valence-corrected chi connectivity index (χ3v) is 3.83. The van der Waals surface area contributed by atoms with E-state index in [1.165, 1.54) is 12.4 Å². The third-order valence-electron chi connectivity index (χ3n) is 2.59. The van der Waals surface area contributed by atoms with Crippen LogP contribution < -0.4 is 15.2 Å². The van der Waals surface area contributed by atoms with Gasteiger partial charge in [0.25, 0.3) is 0 Å². The Morgan fingerprint density at radius 1 is 1.24 bits per heavy atom. The van der Waals surface area contributed by atoms with Gasteiger partial charge in [-0.2, -0.15) is 0 Å². The van der Waals surface area contributed by atoms with Gasteiger partial charge in [-0.25, -0.2) is 0 Å². The number of ether oxygens (including phenoxy) is 2. The van der Waals surface area contributed by atoms with E-state index in [1.54, 1.807) is 25.3 Å². The molecule has 0 fully saturated rings. The quantitative estimate of drug-likeness (QED) is 0.344. The van der Waals surface area contributed by atoms with Gasteiger partial charge in [0.05, 0.1) is 27.8 Å². The van der Waals surface area contributed by atoms with Crippen molar-refractivity contribution in [1.82, 2.24) is 4.98 Å². The van der Waals surface area contributed by atoms with Gasteiger partial charge < -0.3 is 20.4 Å². The molecule has 8 heteroatoms. The van der Waals surface area contributed by atoms with Crippen LogP contribution in [-0.4, -0.2) is 23.1 Å². The summed E-state index contributed by atoms with van der Waals surface area (Å²) in [7, 11) is 1.57. The van der Waals surface area contributed by atoms with Crippen LogP contribution in [0.25, 0.3) is 0 Å². The monoisotopic (exact) mass is 415 g/mol. The molecule has 0 bridgehead atoms. The molecule has 2 rings (SSSR count). The van der Waals surface area contributed by atoms with E-state index >= 15 is 0 Å². The average molecular weight is 417 g/mol. The minimum absolute atomic E-state index is 0.0592. The van der Waals surface area contributed by atoms with Crippen LogP contribution in [0.4, 0.5) is 0 Å². The van der Waals surface area contributed by atoms with Gasteiger partial charge in [0, 0.05) is 6.20 Å². The fourth-order valence-electron chi connectivity index (χ4n) is 1.59. The molecule has 1 aromatic heterocycles. The van der Waals surface area contributed by atoms with Crippen molar-refractivity contribution in [3.8, 4) is 17.2 Å². The number of amidine groups is 1. The van der Waals surface area contributed by atoms with Crippen molar-refractivity contribution in [1.29, 1.82) is 0 Å². The molecule has 0 saturated heterocycles. The van der Waals surface area contributed by atoms with Crippen molar-refractivity contribution in [3.05, 3.63) is 45.1 Å². The predicted molar refractivity (Wildman–Crippen MR) is 85.2 cm³/mol. The second-order valence-corrected chi connectivity index (χ2v) is 5.58. The summed E-state index contributed by atoms with van der Waals surface area (Å²) in [6.45, 7) is 0. The van der Waals surface area contributed by atoms with Crippen LogP contribution in [0.3, 0.4) is 0 Å². The Morgan fingerprint density at radius 3 is 2.57 bits per heavy atom. The highest BCUT2D eigenvalue weighted by Gasteiger charge is 2.13. The fraction of sp³-hybridized carbons (Fsp3) is 0.0769. The number of halogens is 2. The number of hydrogen-bond acceptors (Lipinski definition) is 5. The van der Waals surface area contributed by atoms with Crippen molar-refractivity contribution in [3.63, 3.8) is 0 Å². The number of benzene rings is 1. The van der Waals surface area contributed by atoms with Crippen molar-refractivity contribution < 1.29 is 14.7 Å². The van der Waals surface area contributed by atoms with Gasteiger partial charge >= 0.3 is 0 Å². The summed E-state index contributed by atoms with van der Waals surface area (Å²) in [5.41, 5.74) is 6.05. The molecule has 21 heavy (non-hydrogen) atoms. The van der Waals surface area contributed by atoms with Gasteiger partial charge in [0.1, 0.15) is 11.5 Å². The van der Waals surface area contributed by atoms with Gasteiger partial charge in [-0.3, -0.25) is 4.98 Å². The van der Waals surface area contributed by atoms with Gasteiger partial charge in [-0.05, 0) is 50.1 Å². The number of nitrogens with zero attached hydrogens (tertiary/aromatic N) is 2. The maximum absolute atomic E-state index is 8.80. The molecule has 0 aliphatic heterocycles. The zero-order chi connectivity index (χ0) is 15.4. The third kappa shape index (κ3) is 3.45. The first-order valence-corrected chi connectivity index (χ1v) is 7.28. The number of oxime groups is 1. The molecule has 2 aromatic rings. The Bertz CT molecular complexity index is 692. The van der Waals surface area contributed by atoms with Crippen LogP contribution in [0, 0.1) is 0 Å². The Morgan fingerprint density at radius 2 is 1.90 bits per heavy atom. The molecule has 0 atom stereocenters. The Hall–Kier alpha value is -1.80. The number of pyridine rings is 1. The summed E-state index contributed by atoms with van der Waals surface area (Å²) in [5.74, 6) is 1.50. The lowest BCUT2D eigenvalue weighted by molar-refractivity contribution is 0.318. The van der Waals surface area contributed by atoms with E-state index < -0.39 is 0 Å². The van der Waals surface area contributed by atoms with E-state index in [4.69, 9.17) is 20.4 Å². The van der Waals surface area contributed by atoms with E-state index in [9.17, 15) is 0 Å². The topological polar surface area (TPSA) is 90.0 Å². The minimum atomic E-state index is -0.0592. The lowest BCUT2D eigenvalue weighted by Crippen LogP contribution is -2.14. The Balaban J connectivity index is 2.42. The first-order chi connectivity index (χ1) is 10.1. The first kappa shape index (κ1) is 15.6. The van der Waals surface area contributed by atoms with Gasteiger partial charge in [0.2, 0.25) is 0 Å². The standard InChI is InChI=1S/C13H11Br2N3O3/c1-20-10-4-9(15)11(5-8(10)14)21-12-6-17-3-2-7(12)13(16)18-19/h2-6,19H,1H3,(H2,16,18). The van der Waals surface area contributed by atoms with Crippen molar-refractivity contribution >= 4 is 37.7 Å². The van der Waals surface area contributed by atoms with E-state index in [1.807, 2.05) is 0 Å². The molecule has 110 valence electrons. The van der Waals surface area contributed by atoms with Crippen LogP contribution in [0.5, 0.6) is 17.2 Å². The summed E-state index contributed by atoms with van der Waals surface area (Å²) in [6, 6.07) is 5.10. The smallest absolute Gasteiger partial charge is 0.173 e. The van der Waals surface area contributed by atoms with E-state index in [0.717, 1.165) is 4.47 Å². The molecule has 6 nitrogen and oxygen atoms in total. The van der Waals surface area contributed by atoms with Crippen molar-refractivity contribution in [2.75, 3.05) is 7.11 Å². The number of rotatable bonds is 4. The zero-order valence-electron chi connectivity index (χ0n) is 10.9. The Labute approximate surface area is 137 Å². The number of nitrogens with two attached hydrogens (primary N) is 1. The molecule has 0 aliphatic rings. The maximum Gasteiger partial charge on any atom is 0.173 e. The average Bonchev–Trinajstić information content (AvgIpc) is 2.50. The van der Waals surface area contributed by atoms with Gasteiger partial charge in [-0.15, -0.1) is 0 Å². The normalized spacial score (nSPS) is 11.3. The molecular weight excluding hydrogens is 406 g/mol. The Kier molecular flexibility index (Phi) is 5.03. The lowest BCUT2D eigenvalue weighted by atomic mass is 10.2. The van der Waals surface area contributed by atoms with Crippen LogP contribution in [-0.2, 0) is 0 Å². The van der Waals surface area contributed by atoms with Crippen molar-refractivity contribution in [2.24, 2.45) is 10.9 Å². The van der Waals surface area contributed by atoms with Gasteiger partial charge in [0.15, 0.2) is 11.6 Å². The lowest BCUT2D eigenvalue weighted by Gasteiger charge is -2.13. The highest BCUT2D eigenvalue weighted by molar-refractivity contribution is 9.11. The van der Waals surface area contributed by atoms with Crippen LogP contribution in [0.1, 0.15) is 5.56 Å². The molecule has 0 unspecified atom stereocenters. The summed E-state index contributed by atoms with van der Waals surface area (Å²) >= 11 is 6.79. The molecule has 0 spiro atoms. The first-order valence-electron chi connectivity index (χ1n) is 5.69. The number of methoxy groups -OCH3 is 1. The second-order valence-electron chi connectivity index (χ2n) is 3.88. The fourth-order valence-corrected chi connectivity index (χ4v) is 2.48. The molecule has 1 heterocycles. The minimum Gasteiger partial charge on any atom is -0.496 e. The summed E-state index contributed by atoms with van der Waals surface area (Å²) in [4.78, 5) is 3.98. The predicted octanol–water partition coefficient (Wildman–Crippen LogP) is 3.50. The molecule has 1 aromatic carbocycles. The van der Waals surface area contributed by atoms with Crippen LogP contribution in [0.15, 0.2) is 44.7 Å². The maximum atomic E-state index is 8.80. The highest BCUT2D eigenvalue weighted by atomic mass is 79.9. The number of aromatic nitrogens is 1. The van der Waals surface area contributed by atoms with E-state index in [2.05, 4.69) is 42.0 Å². The van der Waals surface area contributed by atoms with Gasteiger partial charge in [-0.1, -0.05) is 5.16 Å². The van der Waals surface area contributed by atoms with E-state index in [0.29, 0.717) is 27.3 Å². The second kappa shape index (κ2) is 6.77.